The minimum atomic E-state index is -0.941. The van der Waals surface area contributed by atoms with Gasteiger partial charge in [0.05, 0.1) is 17.6 Å². The van der Waals surface area contributed by atoms with Crippen molar-refractivity contribution in [3.05, 3.63) is 137 Å². The average Bonchev–Trinajstić information content (AvgIpc) is 2.93. The van der Waals surface area contributed by atoms with Gasteiger partial charge in [0, 0.05) is 13.0 Å². The maximum absolute atomic E-state index is 14.4. The van der Waals surface area contributed by atoms with Crippen LogP contribution < -0.4 is 5.73 Å². The molecule has 6 nitrogen and oxygen atoms in total. The number of carbonyl (C=O) groups is 2. The Kier molecular flexibility index (Phi) is 7.97. The minimum absolute atomic E-state index is 0.108. The second kappa shape index (κ2) is 11.7. The van der Waals surface area contributed by atoms with E-state index in [9.17, 15) is 14.7 Å². The van der Waals surface area contributed by atoms with Crippen molar-refractivity contribution in [3.63, 3.8) is 0 Å². The van der Waals surface area contributed by atoms with Crippen LogP contribution in [0.15, 0.2) is 109 Å². The van der Waals surface area contributed by atoms with E-state index in [1.165, 1.54) is 4.90 Å². The first-order chi connectivity index (χ1) is 18.0. The van der Waals surface area contributed by atoms with Crippen LogP contribution in [0.25, 0.3) is 0 Å². The molecule has 0 saturated heterocycles. The smallest absolute Gasteiger partial charge is 0.240 e. The summed E-state index contributed by atoms with van der Waals surface area (Å²) in [5, 5.41) is 18.9. The van der Waals surface area contributed by atoms with E-state index in [1.807, 2.05) is 60.7 Å². The summed E-state index contributed by atoms with van der Waals surface area (Å²) in [5.74, 6) is -1.43. The van der Waals surface area contributed by atoms with Gasteiger partial charge in [-0.3, -0.25) is 9.59 Å². The minimum Gasteiger partial charge on any atom is -0.508 e. The molecular weight excluding hydrogens is 462 g/mol. The Morgan fingerprint density at radius 2 is 1.30 bits per heavy atom. The van der Waals surface area contributed by atoms with Gasteiger partial charge in [-0.2, -0.15) is 5.26 Å². The first-order valence-electron chi connectivity index (χ1n) is 11.9. The zero-order valence-electron chi connectivity index (χ0n) is 20.2. The van der Waals surface area contributed by atoms with E-state index in [1.54, 1.807) is 48.5 Å². The van der Waals surface area contributed by atoms with Crippen LogP contribution in [0.3, 0.4) is 0 Å². The summed E-state index contributed by atoms with van der Waals surface area (Å²) in [6, 6.07) is 33.4. The van der Waals surface area contributed by atoms with Crippen molar-refractivity contribution < 1.29 is 14.7 Å². The Morgan fingerprint density at radius 3 is 1.78 bits per heavy atom. The Hall–Kier alpha value is -4.89. The highest BCUT2D eigenvalue weighted by Crippen LogP contribution is 2.29. The Labute approximate surface area is 216 Å². The van der Waals surface area contributed by atoms with Crippen LogP contribution in [-0.4, -0.2) is 27.9 Å². The number of primary amides is 1. The zero-order chi connectivity index (χ0) is 26.2. The number of nitrogens with two attached hydrogens (primary N) is 1. The summed E-state index contributed by atoms with van der Waals surface area (Å²) >= 11 is 0. The van der Waals surface area contributed by atoms with E-state index in [0.29, 0.717) is 5.56 Å². The number of carbonyl (C=O) groups excluding carboxylic acids is 2. The molecule has 0 aliphatic heterocycles. The molecule has 184 valence electrons. The molecule has 0 aliphatic rings. The molecule has 4 aromatic rings. The molecule has 3 N–H and O–H groups in total. The standard InChI is InChI=1S/C31H27N3O3/c32-20-23-13-11-22(12-14-23)19-28(30(33)36)34(21-24-15-17-27(35)18-16-24)31(37)29(25-7-3-1-4-8-25)26-9-5-2-6-10-26/h1-18,28-29,35H,19,21H2,(H2,33,36)/t28-/m1/s1. The number of benzene rings is 4. The molecule has 2 amide bonds. The molecular formula is C31H27N3O3. The summed E-state index contributed by atoms with van der Waals surface area (Å²) in [4.78, 5) is 28.8. The number of hydrogen-bond acceptors (Lipinski definition) is 4. The lowest BCUT2D eigenvalue weighted by Gasteiger charge is -2.33. The molecule has 0 radical (unpaired) electrons. The lowest BCUT2D eigenvalue weighted by Crippen LogP contribution is -2.50. The topological polar surface area (TPSA) is 107 Å². The lowest BCUT2D eigenvalue weighted by molar-refractivity contribution is -0.140. The second-order valence-electron chi connectivity index (χ2n) is 8.82. The second-order valence-corrected chi connectivity index (χ2v) is 8.82. The molecule has 0 fully saturated rings. The third-order valence-corrected chi connectivity index (χ3v) is 6.30. The quantitative estimate of drug-likeness (QED) is 0.360. The number of hydrogen-bond donors (Lipinski definition) is 2. The SMILES string of the molecule is N#Cc1ccc(C[C@H](C(N)=O)N(Cc2ccc(O)cc2)C(=O)C(c2ccccc2)c2ccccc2)cc1. The highest BCUT2D eigenvalue weighted by molar-refractivity contribution is 5.92. The Morgan fingerprint density at radius 1 is 0.784 bits per heavy atom. The van der Waals surface area contributed by atoms with Crippen molar-refractivity contribution in [1.82, 2.24) is 4.90 Å². The molecule has 4 aromatic carbocycles. The first-order valence-corrected chi connectivity index (χ1v) is 11.9. The van der Waals surface area contributed by atoms with E-state index in [2.05, 4.69) is 6.07 Å². The van der Waals surface area contributed by atoms with Crippen molar-refractivity contribution in [2.24, 2.45) is 5.73 Å². The van der Waals surface area contributed by atoms with Gasteiger partial charge in [0.2, 0.25) is 11.8 Å². The van der Waals surface area contributed by atoms with E-state index in [0.717, 1.165) is 22.3 Å². The van der Waals surface area contributed by atoms with Gasteiger partial charge < -0.3 is 15.7 Å². The highest BCUT2D eigenvalue weighted by atomic mass is 16.3. The summed E-state index contributed by atoms with van der Waals surface area (Å²) in [5.41, 5.74) is 9.54. The van der Waals surface area contributed by atoms with Gasteiger partial charge >= 0.3 is 0 Å². The molecule has 4 rings (SSSR count). The maximum atomic E-state index is 14.4. The molecule has 0 heterocycles. The predicted octanol–water partition coefficient (Wildman–Crippen LogP) is 4.52. The van der Waals surface area contributed by atoms with Gasteiger partial charge in [0.15, 0.2) is 0 Å². The number of phenolic OH excluding ortho intramolecular Hbond substituents is 1. The van der Waals surface area contributed by atoms with Gasteiger partial charge in [-0.1, -0.05) is 84.9 Å². The summed E-state index contributed by atoms with van der Waals surface area (Å²) in [7, 11) is 0. The molecule has 0 bridgehead atoms. The van der Waals surface area contributed by atoms with Crippen LogP contribution in [0.1, 0.15) is 33.7 Å². The predicted molar refractivity (Wildman–Crippen MR) is 141 cm³/mol. The van der Waals surface area contributed by atoms with Gasteiger partial charge in [0.25, 0.3) is 0 Å². The molecule has 0 spiro atoms. The molecule has 0 saturated carbocycles. The van der Waals surface area contributed by atoms with Crippen LogP contribution in [0.2, 0.25) is 0 Å². The van der Waals surface area contributed by atoms with Crippen LogP contribution in [-0.2, 0) is 22.6 Å². The molecule has 0 unspecified atom stereocenters. The van der Waals surface area contributed by atoms with Crippen molar-refractivity contribution in [2.75, 3.05) is 0 Å². The van der Waals surface area contributed by atoms with E-state index >= 15 is 0 Å². The number of amides is 2. The third kappa shape index (κ3) is 6.22. The van der Waals surface area contributed by atoms with Crippen molar-refractivity contribution in [1.29, 1.82) is 5.26 Å². The zero-order valence-corrected chi connectivity index (χ0v) is 20.2. The number of phenols is 1. The van der Waals surface area contributed by atoms with Crippen LogP contribution >= 0.6 is 0 Å². The molecule has 6 heteroatoms. The van der Waals surface area contributed by atoms with Gasteiger partial charge in [-0.05, 0) is 46.5 Å². The van der Waals surface area contributed by atoms with E-state index in [-0.39, 0.29) is 24.6 Å². The monoisotopic (exact) mass is 489 g/mol. The van der Waals surface area contributed by atoms with Crippen LogP contribution in [0, 0.1) is 11.3 Å². The fourth-order valence-electron chi connectivity index (χ4n) is 4.38. The van der Waals surface area contributed by atoms with Crippen molar-refractivity contribution in [2.45, 2.75) is 24.9 Å². The largest absolute Gasteiger partial charge is 0.508 e. The van der Waals surface area contributed by atoms with Crippen molar-refractivity contribution in [3.8, 4) is 11.8 Å². The summed E-state index contributed by atoms with van der Waals surface area (Å²) < 4.78 is 0. The van der Waals surface area contributed by atoms with Crippen LogP contribution in [0.4, 0.5) is 0 Å². The molecule has 0 aliphatic carbocycles. The molecule has 0 aromatic heterocycles. The van der Waals surface area contributed by atoms with E-state index in [4.69, 9.17) is 11.0 Å². The highest BCUT2D eigenvalue weighted by Gasteiger charge is 2.34. The number of aromatic hydroxyl groups is 1. The first kappa shape index (κ1) is 25.2. The normalized spacial score (nSPS) is 11.5. The number of rotatable bonds is 9. The fourth-order valence-corrected chi connectivity index (χ4v) is 4.38. The Bertz CT molecular complexity index is 1340. The van der Waals surface area contributed by atoms with E-state index < -0.39 is 17.9 Å². The van der Waals surface area contributed by atoms with Gasteiger partial charge in [0.1, 0.15) is 11.8 Å². The van der Waals surface area contributed by atoms with Gasteiger partial charge in [-0.15, -0.1) is 0 Å². The summed E-state index contributed by atoms with van der Waals surface area (Å²) in [6.45, 7) is 0.124. The molecule has 1 atom stereocenters. The third-order valence-electron chi connectivity index (χ3n) is 6.30. The van der Waals surface area contributed by atoms with Crippen molar-refractivity contribution >= 4 is 11.8 Å². The maximum Gasteiger partial charge on any atom is 0.240 e. The van der Waals surface area contributed by atoms with Crippen LogP contribution in [0.5, 0.6) is 5.75 Å². The Balaban J connectivity index is 1.78. The molecule has 37 heavy (non-hydrogen) atoms. The number of nitriles is 1. The van der Waals surface area contributed by atoms with Gasteiger partial charge in [-0.25, -0.2) is 0 Å². The average molecular weight is 490 g/mol. The number of nitrogens with zero attached hydrogens (tertiary/aromatic N) is 2. The summed E-state index contributed by atoms with van der Waals surface area (Å²) in [6.07, 6.45) is 0.196. The lowest BCUT2D eigenvalue weighted by atomic mass is 9.89. The fraction of sp³-hybridized carbons (Fsp3) is 0.129.